The Morgan fingerprint density at radius 1 is 1.47 bits per heavy atom. The van der Waals surface area contributed by atoms with E-state index in [4.69, 9.17) is 9.84 Å². The van der Waals surface area contributed by atoms with Gasteiger partial charge in [-0.1, -0.05) is 0 Å². The molecule has 5 heteroatoms. The Bertz CT molecular complexity index is 216. The fourth-order valence-corrected chi connectivity index (χ4v) is 2.03. The molecule has 0 aromatic heterocycles. The summed E-state index contributed by atoms with van der Waals surface area (Å²) in [5.74, 6) is 0.513. The van der Waals surface area contributed by atoms with Crippen LogP contribution in [-0.4, -0.2) is 62.4 Å². The molecule has 0 radical (unpaired) electrons. The van der Waals surface area contributed by atoms with Crippen molar-refractivity contribution in [1.29, 1.82) is 0 Å². The van der Waals surface area contributed by atoms with E-state index in [1.54, 1.807) is 7.11 Å². The van der Waals surface area contributed by atoms with Crippen molar-refractivity contribution in [2.45, 2.75) is 19.3 Å². The van der Waals surface area contributed by atoms with Crippen LogP contribution in [0, 0.1) is 5.92 Å². The number of ether oxygens (including phenoxy) is 1. The highest BCUT2D eigenvalue weighted by atomic mass is 16.5. The molecule has 0 unspecified atom stereocenters. The van der Waals surface area contributed by atoms with Crippen molar-refractivity contribution in [2.75, 3.05) is 46.5 Å². The summed E-state index contributed by atoms with van der Waals surface area (Å²) >= 11 is 0. The number of nitrogens with zero attached hydrogens (tertiary/aromatic N) is 1. The predicted molar refractivity (Wildman–Crippen MR) is 65.8 cm³/mol. The quantitative estimate of drug-likeness (QED) is 0.611. The molecule has 1 rings (SSSR count). The van der Waals surface area contributed by atoms with E-state index in [2.05, 4.69) is 10.2 Å². The number of hydrogen-bond acceptors (Lipinski definition) is 4. The van der Waals surface area contributed by atoms with Gasteiger partial charge >= 0.3 is 0 Å². The molecule has 2 N–H and O–H groups in total. The van der Waals surface area contributed by atoms with Crippen LogP contribution >= 0.6 is 0 Å². The van der Waals surface area contributed by atoms with Crippen LogP contribution in [0.2, 0.25) is 0 Å². The van der Waals surface area contributed by atoms with Crippen LogP contribution < -0.4 is 5.32 Å². The molecule has 1 fully saturated rings. The molecule has 0 aliphatic carbocycles. The Morgan fingerprint density at radius 3 is 2.76 bits per heavy atom. The van der Waals surface area contributed by atoms with Crippen molar-refractivity contribution < 1.29 is 14.6 Å². The van der Waals surface area contributed by atoms with Crippen molar-refractivity contribution in [1.82, 2.24) is 10.2 Å². The number of carbonyl (C=O) groups excluding carboxylic acids is 1. The number of rotatable bonds is 7. The first-order valence-corrected chi connectivity index (χ1v) is 6.35. The van der Waals surface area contributed by atoms with Crippen LogP contribution in [0.5, 0.6) is 0 Å². The number of carbonyl (C=O) groups is 1. The van der Waals surface area contributed by atoms with E-state index in [9.17, 15) is 4.79 Å². The number of methoxy groups -OCH3 is 1. The van der Waals surface area contributed by atoms with Crippen LogP contribution in [0.25, 0.3) is 0 Å². The third-order valence-corrected chi connectivity index (χ3v) is 3.18. The first-order chi connectivity index (χ1) is 8.26. The van der Waals surface area contributed by atoms with Crippen LogP contribution in [0.15, 0.2) is 0 Å². The summed E-state index contributed by atoms with van der Waals surface area (Å²) < 4.78 is 4.91. The van der Waals surface area contributed by atoms with Gasteiger partial charge in [0.25, 0.3) is 0 Å². The lowest BCUT2D eigenvalue weighted by Crippen LogP contribution is -2.42. The number of aliphatic hydroxyl groups excluding tert-OH is 1. The third-order valence-electron chi connectivity index (χ3n) is 3.18. The monoisotopic (exact) mass is 244 g/mol. The van der Waals surface area contributed by atoms with Crippen molar-refractivity contribution >= 4 is 5.91 Å². The van der Waals surface area contributed by atoms with Gasteiger partial charge in [-0.2, -0.15) is 0 Å². The highest BCUT2D eigenvalue weighted by Crippen LogP contribution is 2.15. The molecular formula is C12H24N2O3. The van der Waals surface area contributed by atoms with E-state index in [-0.39, 0.29) is 12.5 Å². The molecule has 0 aromatic rings. The summed E-state index contributed by atoms with van der Waals surface area (Å²) in [5, 5.41) is 11.9. The van der Waals surface area contributed by atoms with Crippen molar-refractivity contribution in [3.05, 3.63) is 0 Å². The summed E-state index contributed by atoms with van der Waals surface area (Å²) in [4.78, 5) is 13.7. The molecule has 0 spiro atoms. The van der Waals surface area contributed by atoms with Gasteiger partial charge in [-0.15, -0.1) is 0 Å². The molecule has 1 heterocycles. The zero-order valence-corrected chi connectivity index (χ0v) is 10.7. The Morgan fingerprint density at radius 2 is 2.18 bits per heavy atom. The average molecular weight is 244 g/mol. The van der Waals surface area contributed by atoms with E-state index in [1.165, 1.54) is 0 Å². The van der Waals surface area contributed by atoms with E-state index in [1.807, 2.05) is 0 Å². The lowest BCUT2D eigenvalue weighted by Gasteiger charge is -2.30. The van der Waals surface area contributed by atoms with Crippen LogP contribution in [-0.2, 0) is 9.53 Å². The minimum Gasteiger partial charge on any atom is -0.396 e. The second-order valence-corrected chi connectivity index (χ2v) is 4.60. The molecule has 1 aliphatic heterocycles. The summed E-state index contributed by atoms with van der Waals surface area (Å²) in [7, 11) is 1.66. The number of nitrogens with one attached hydrogen (secondary N) is 1. The first-order valence-electron chi connectivity index (χ1n) is 6.35. The highest BCUT2D eigenvalue weighted by molar-refractivity contribution is 5.77. The molecular weight excluding hydrogens is 220 g/mol. The largest absolute Gasteiger partial charge is 0.396 e. The van der Waals surface area contributed by atoms with Gasteiger partial charge in [0, 0.05) is 26.9 Å². The summed E-state index contributed by atoms with van der Waals surface area (Å²) in [6.45, 7) is 3.94. The first kappa shape index (κ1) is 14.4. The molecule has 0 atom stereocenters. The maximum atomic E-state index is 11.6. The molecule has 0 aromatic carbocycles. The smallest absolute Gasteiger partial charge is 0.234 e. The zero-order valence-electron chi connectivity index (χ0n) is 10.7. The van der Waals surface area contributed by atoms with E-state index < -0.39 is 0 Å². The number of hydrogen-bond donors (Lipinski definition) is 2. The number of aliphatic hydroxyl groups is 1. The van der Waals surface area contributed by atoms with Gasteiger partial charge in [-0.25, -0.2) is 0 Å². The standard InChI is InChI=1S/C12H24N2O3/c1-17-8-2-5-13-12(16)9-14-6-3-11(10-15)4-7-14/h11,15H,2-10H2,1H3,(H,13,16). The van der Waals surface area contributed by atoms with Gasteiger partial charge < -0.3 is 15.2 Å². The van der Waals surface area contributed by atoms with Crippen molar-refractivity contribution in [2.24, 2.45) is 5.92 Å². The minimum absolute atomic E-state index is 0.0866. The molecule has 100 valence electrons. The van der Waals surface area contributed by atoms with E-state index in [0.717, 1.165) is 32.4 Å². The van der Waals surface area contributed by atoms with Gasteiger partial charge in [-0.3, -0.25) is 9.69 Å². The third kappa shape index (κ3) is 6.00. The van der Waals surface area contributed by atoms with Gasteiger partial charge in [0.2, 0.25) is 5.91 Å². The second-order valence-electron chi connectivity index (χ2n) is 4.60. The Kier molecular flexibility index (Phi) is 7.16. The maximum absolute atomic E-state index is 11.6. The number of piperidine rings is 1. The zero-order chi connectivity index (χ0) is 12.5. The van der Waals surface area contributed by atoms with Gasteiger partial charge in [-0.05, 0) is 38.3 Å². The summed E-state index contributed by atoms with van der Waals surface area (Å²) in [5.41, 5.74) is 0. The lowest BCUT2D eigenvalue weighted by atomic mass is 9.98. The Balaban J connectivity index is 2.06. The highest BCUT2D eigenvalue weighted by Gasteiger charge is 2.19. The topological polar surface area (TPSA) is 61.8 Å². The molecule has 1 saturated heterocycles. The average Bonchev–Trinajstić information content (AvgIpc) is 2.36. The second kappa shape index (κ2) is 8.44. The SMILES string of the molecule is COCCCNC(=O)CN1CCC(CO)CC1. The molecule has 1 amide bonds. The molecule has 1 aliphatic rings. The predicted octanol–water partition coefficient (Wildman–Crippen LogP) is -0.157. The molecule has 17 heavy (non-hydrogen) atoms. The number of likely N-dealkylation sites (tertiary alicyclic amines) is 1. The van der Waals surface area contributed by atoms with E-state index >= 15 is 0 Å². The fraction of sp³-hybridized carbons (Fsp3) is 0.917. The van der Waals surface area contributed by atoms with Crippen LogP contribution in [0.1, 0.15) is 19.3 Å². The van der Waals surface area contributed by atoms with Crippen LogP contribution in [0.3, 0.4) is 0 Å². The maximum Gasteiger partial charge on any atom is 0.234 e. The summed E-state index contributed by atoms with van der Waals surface area (Å²) in [6.07, 6.45) is 2.84. The van der Waals surface area contributed by atoms with Crippen molar-refractivity contribution in [3.8, 4) is 0 Å². The fourth-order valence-electron chi connectivity index (χ4n) is 2.03. The number of amides is 1. The Hall–Kier alpha value is -0.650. The lowest BCUT2D eigenvalue weighted by molar-refractivity contribution is -0.122. The normalized spacial score (nSPS) is 18.2. The van der Waals surface area contributed by atoms with Gasteiger partial charge in [0.05, 0.1) is 6.54 Å². The molecule has 0 bridgehead atoms. The molecule has 5 nitrogen and oxygen atoms in total. The summed E-state index contributed by atoms with van der Waals surface area (Å²) in [6, 6.07) is 0. The van der Waals surface area contributed by atoms with Crippen molar-refractivity contribution in [3.63, 3.8) is 0 Å². The minimum atomic E-state index is 0.0866. The van der Waals surface area contributed by atoms with E-state index in [0.29, 0.717) is 25.6 Å². The molecule has 0 saturated carbocycles. The van der Waals surface area contributed by atoms with Crippen LogP contribution in [0.4, 0.5) is 0 Å². The Labute approximate surface area is 103 Å². The van der Waals surface area contributed by atoms with Gasteiger partial charge in [0.1, 0.15) is 0 Å². The van der Waals surface area contributed by atoms with Gasteiger partial charge in [0.15, 0.2) is 0 Å².